The minimum atomic E-state index is 0.320. The van der Waals surface area contributed by atoms with Crippen molar-refractivity contribution in [2.24, 2.45) is 5.92 Å². The van der Waals surface area contributed by atoms with Gasteiger partial charge in [0, 0.05) is 10.4 Å². The lowest BCUT2D eigenvalue weighted by atomic mass is 9.80. The summed E-state index contributed by atoms with van der Waals surface area (Å²) in [6, 6.07) is 3.99. The predicted molar refractivity (Wildman–Crippen MR) is 75.1 cm³/mol. The molecule has 4 heteroatoms. The molecule has 1 aliphatic rings. The minimum Gasteiger partial charge on any atom is -0.493 e. The van der Waals surface area contributed by atoms with Crippen LogP contribution in [0.4, 0.5) is 0 Å². The molecular weight excluding hydrogens is 296 g/mol. The Morgan fingerprint density at radius 1 is 1.06 bits per heavy atom. The Balaban J connectivity index is 2.40. The topological polar surface area (TPSA) is 27.7 Å². The van der Waals surface area contributed by atoms with Gasteiger partial charge in [0.05, 0.1) is 21.3 Å². The lowest BCUT2D eigenvalue weighted by Crippen LogP contribution is -2.17. The number of rotatable bonds is 5. The van der Waals surface area contributed by atoms with E-state index in [-0.39, 0.29) is 0 Å². The van der Waals surface area contributed by atoms with Crippen molar-refractivity contribution < 1.29 is 14.2 Å². The van der Waals surface area contributed by atoms with Gasteiger partial charge in [-0.3, -0.25) is 0 Å². The molecule has 18 heavy (non-hydrogen) atoms. The number of methoxy groups -OCH3 is 3. The highest BCUT2D eigenvalue weighted by Crippen LogP contribution is 2.50. The molecule has 1 aromatic rings. The van der Waals surface area contributed by atoms with Crippen molar-refractivity contribution in [3.05, 3.63) is 17.7 Å². The third-order valence-corrected chi connectivity index (χ3v) is 4.84. The van der Waals surface area contributed by atoms with E-state index < -0.39 is 0 Å². The maximum absolute atomic E-state index is 5.51. The van der Waals surface area contributed by atoms with E-state index in [1.54, 1.807) is 21.3 Å². The summed E-state index contributed by atoms with van der Waals surface area (Å²) in [5.41, 5.74) is 1.14. The SMILES string of the molecule is COc1ccc(C(Br)C2CCC2)c(OC)c1OC. The Morgan fingerprint density at radius 2 is 1.72 bits per heavy atom. The fourth-order valence-electron chi connectivity index (χ4n) is 2.33. The van der Waals surface area contributed by atoms with Gasteiger partial charge in [0.1, 0.15) is 0 Å². The molecule has 0 amide bonds. The second-order valence-electron chi connectivity index (χ2n) is 4.52. The molecule has 0 bridgehead atoms. The zero-order chi connectivity index (χ0) is 13.1. The second kappa shape index (κ2) is 5.83. The zero-order valence-corrected chi connectivity index (χ0v) is 12.6. The van der Waals surface area contributed by atoms with Crippen molar-refractivity contribution in [2.45, 2.75) is 24.1 Å². The zero-order valence-electron chi connectivity index (χ0n) is 11.0. The minimum absolute atomic E-state index is 0.320. The fraction of sp³-hybridized carbons (Fsp3) is 0.571. The molecule has 1 saturated carbocycles. The molecule has 0 heterocycles. The fourth-order valence-corrected chi connectivity index (χ4v) is 3.22. The maximum atomic E-state index is 5.51. The van der Waals surface area contributed by atoms with Gasteiger partial charge in [-0.05, 0) is 24.8 Å². The van der Waals surface area contributed by atoms with E-state index in [1.165, 1.54) is 19.3 Å². The highest BCUT2D eigenvalue weighted by atomic mass is 79.9. The monoisotopic (exact) mass is 314 g/mol. The van der Waals surface area contributed by atoms with Crippen LogP contribution < -0.4 is 14.2 Å². The first-order valence-electron chi connectivity index (χ1n) is 6.15. The summed E-state index contributed by atoms with van der Waals surface area (Å²) in [6.45, 7) is 0. The first-order valence-corrected chi connectivity index (χ1v) is 7.07. The molecule has 1 atom stereocenters. The molecule has 0 radical (unpaired) electrons. The second-order valence-corrected chi connectivity index (χ2v) is 5.50. The van der Waals surface area contributed by atoms with E-state index in [4.69, 9.17) is 14.2 Å². The Morgan fingerprint density at radius 3 is 2.17 bits per heavy atom. The average Bonchev–Trinajstić information content (AvgIpc) is 2.34. The summed E-state index contributed by atoms with van der Waals surface area (Å²) in [7, 11) is 4.94. The third kappa shape index (κ3) is 2.30. The third-order valence-electron chi connectivity index (χ3n) is 3.60. The van der Waals surface area contributed by atoms with Crippen LogP contribution in [0.3, 0.4) is 0 Å². The van der Waals surface area contributed by atoms with Gasteiger partial charge in [0.2, 0.25) is 5.75 Å². The molecule has 1 aliphatic carbocycles. The molecule has 2 rings (SSSR count). The van der Waals surface area contributed by atoms with E-state index in [2.05, 4.69) is 22.0 Å². The largest absolute Gasteiger partial charge is 0.493 e. The summed E-state index contributed by atoms with van der Waals surface area (Å²) in [5, 5.41) is 0. The number of hydrogen-bond donors (Lipinski definition) is 0. The average molecular weight is 315 g/mol. The molecule has 0 aliphatic heterocycles. The van der Waals surface area contributed by atoms with Crippen LogP contribution in [-0.2, 0) is 0 Å². The Bertz CT molecular complexity index is 416. The van der Waals surface area contributed by atoms with Crippen LogP contribution in [0.2, 0.25) is 0 Å². The highest BCUT2D eigenvalue weighted by molar-refractivity contribution is 9.09. The molecule has 1 aromatic carbocycles. The van der Waals surface area contributed by atoms with Crippen LogP contribution >= 0.6 is 15.9 Å². The quantitative estimate of drug-likeness (QED) is 0.770. The van der Waals surface area contributed by atoms with Gasteiger partial charge in [-0.2, -0.15) is 0 Å². The number of benzene rings is 1. The molecule has 100 valence electrons. The van der Waals surface area contributed by atoms with Crippen molar-refractivity contribution in [2.75, 3.05) is 21.3 Å². The van der Waals surface area contributed by atoms with E-state index in [0.29, 0.717) is 22.2 Å². The smallest absolute Gasteiger partial charge is 0.203 e. The van der Waals surface area contributed by atoms with Crippen molar-refractivity contribution in [1.82, 2.24) is 0 Å². The number of ether oxygens (including phenoxy) is 3. The molecule has 0 spiro atoms. The lowest BCUT2D eigenvalue weighted by molar-refractivity contribution is 0.297. The molecule has 0 aromatic heterocycles. The van der Waals surface area contributed by atoms with Crippen LogP contribution in [0.5, 0.6) is 17.2 Å². The van der Waals surface area contributed by atoms with Crippen LogP contribution in [0.25, 0.3) is 0 Å². The standard InChI is InChI=1S/C14H19BrO3/c1-16-11-8-7-10(12(15)9-5-4-6-9)13(17-2)14(11)18-3/h7-9,12H,4-6H2,1-3H3. The molecule has 1 unspecified atom stereocenters. The van der Waals surface area contributed by atoms with Crippen LogP contribution in [-0.4, -0.2) is 21.3 Å². The summed E-state index contributed by atoms with van der Waals surface area (Å²) >= 11 is 3.79. The van der Waals surface area contributed by atoms with Gasteiger partial charge in [-0.1, -0.05) is 28.4 Å². The summed E-state index contributed by atoms with van der Waals surface area (Å²) in [6.07, 6.45) is 3.86. The van der Waals surface area contributed by atoms with E-state index in [0.717, 1.165) is 11.3 Å². The first-order chi connectivity index (χ1) is 8.72. The van der Waals surface area contributed by atoms with E-state index in [1.807, 2.05) is 6.07 Å². The van der Waals surface area contributed by atoms with Crippen LogP contribution in [0.1, 0.15) is 29.7 Å². The van der Waals surface area contributed by atoms with E-state index in [9.17, 15) is 0 Å². The van der Waals surface area contributed by atoms with Gasteiger partial charge in [0.15, 0.2) is 11.5 Å². The van der Waals surface area contributed by atoms with E-state index >= 15 is 0 Å². The number of hydrogen-bond acceptors (Lipinski definition) is 3. The van der Waals surface area contributed by atoms with Crippen LogP contribution in [0.15, 0.2) is 12.1 Å². The molecule has 1 fully saturated rings. The van der Waals surface area contributed by atoms with Crippen LogP contribution in [0, 0.1) is 5.92 Å². The predicted octanol–water partition coefficient (Wildman–Crippen LogP) is 3.95. The Labute approximate surface area is 117 Å². The first kappa shape index (κ1) is 13.5. The van der Waals surface area contributed by atoms with Gasteiger partial charge >= 0.3 is 0 Å². The Kier molecular flexibility index (Phi) is 4.38. The number of halogens is 1. The molecule has 3 nitrogen and oxygen atoms in total. The number of alkyl halides is 1. The Hall–Kier alpha value is -0.900. The summed E-state index contributed by atoms with van der Waals surface area (Å²) < 4.78 is 16.2. The van der Waals surface area contributed by atoms with Gasteiger partial charge in [-0.25, -0.2) is 0 Å². The van der Waals surface area contributed by atoms with Crippen molar-refractivity contribution in [3.8, 4) is 17.2 Å². The molecular formula is C14H19BrO3. The van der Waals surface area contributed by atoms with Gasteiger partial charge in [-0.15, -0.1) is 0 Å². The molecule has 0 N–H and O–H groups in total. The lowest BCUT2D eigenvalue weighted by Gasteiger charge is -2.31. The summed E-state index contributed by atoms with van der Waals surface area (Å²) in [4.78, 5) is 0.320. The maximum Gasteiger partial charge on any atom is 0.203 e. The van der Waals surface area contributed by atoms with Crippen molar-refractivity contribution >= 4 is 15.9 Å². The van der Waals surface area contributed by atoms with Gasteiger partial charge in [0.25, 0.3) is 0 Å². The van der Waals surface area contributed by atoms with Gasteiger partial charge < -0.3 is 14.2 Å². The molecule has 0 saturated heterocycles. The summed E-state index contributed by atoms with van der Waals surface area (Å²) in [5.74, 6) is 2.83. The highest BCUT2D eigenvalue weighted by Gasteiger charge is 2.30. The normalized spacial score (nSPS) is 16.9. The van der Waals surface area contributed by atoms with Crippen molar-refractivity contribution in [1.29, 1.82) is 0 Å². The van der Waals surface area contributed by atoms with Crippen molar-refractivity contribution in [3.63, 3.8) is 0 Å².